The number of nitrogens with one attached hydrogen (secondary N) is 1. The first kappa shape index (κ1) is 24.7. The van der Waals surface area contributed by atoms with E-state index in [2.05, 4.69) is 15.5 Å². The van der Waals surface area contributed by atoms with Gasteiger partial charge < -0.3 is 9.47 Å². The van der Waals surface area contributed by atoms with Crippen LogP contribution in [0.15, 0.2) is 71.6 Å². The van der Waals surface area contributed by atoms with E-state index in [9.17, 15) is 13.2 Å². The molecule has 1 aliphatic heterocycles. The molecule has 1 aromatic heterocycles. The molecule has 1 atom stereocenters. The maximum atomic E-state index is 13.6. The van der Waals surface area contributed by atoms with Crippen LogP contribution in [0.2, 0.25) is 0 Å². The van der Waals surface area contributed by atoms with E-state index >= 15 is 0 Å². The number of aromatic nitrogens is 2. The number of sulfonamides is 1. The van der Waals surface area contributed by atoms with E-state index in [0.717, 1.165) is 22.4 Å². The summed E-state index contributed by atoms with van der Waals surface area (Å²) in [6.07, 6.45) is -1.09. The minimum Gasteiger partial charge on any atom is -0.497 e. The Bertz CT molecular complexity index is 1550. The highest BCUT2D eigenvalue weighted by molar-refractivity contribution is 7.92. The molecular weight excluding hydrogens is 512 g/mol. The van der Waals surface area contributed by atoms with Gasteiger partial charge in [-0.2, -0.15) is 0 Å². The third kappa shape index (κ3) is 5.00. The molecule has 190 valence electrons. The molecule has 4 aromatic rings. The average Bonchev–Trinajstić information content (AvgIpc) is 3.36. The number of carbonyl (C=O) groups is 1. The molecule has 37 heavy (non-hydrogen) atoms. The number of hydrogen-bond donors (Lipinski definition) is 1. The van der Waals surface area contributed by atoms with Crippen LogP contribution in [0.25, 0.3) is 10.6 Å². The highest BCUT2D eigenvalue weighted by Crippen LogP contribution is 2.38. The molecule has 1 aliphatic rings. The summed E-state index contributed by atoms with van der Waals surface area (Å²) in [6.45, 7) is 3.56. The van der Waals surface area contributed by atoms with Crippen LogP contribution in [0.4, 0.5) is 10.8 Å². The number of methoxy groups -OCH3 is 1. The molecule has 0 spiro atoms. The normalized spacial score (nSPS) is 15.0. The van der Waals surface area contributed by atoms with Crippen molar-refractivity contribution in [3.05, 3.63) is 77.9 Å². The van der Waals surface area contributed by atoms with Crippen LogP contribution in [-0.4, -0.2) is 44.3 Å². The Morgan fingerprint density at radius 2 is 1.73 bits per heavy atom. The number of amides is 1. The second-order valence-electron chi connectivity index (χ2n) is 8.56. The molecule has 5 rings (SSSR count). The average molecular weight is 537 g/mol. The van der Waals surface area contributed by atoms with Crippen molar-refractivity contribution in [2.75, 3.05) is 23.3 Å². The SMILES string of the molecule is COc1ccc(-c2nnc(NC(=O)[C@@H]3CN(S(=O)(=O)c4ccc(C)cc4)c4ccc(C)cc4O3)s2)cc1. The van der Waals surface area contributed by atoms with E-state index in [1.165, 1.54) is 15.6 Å². The van der Waals surface area contributed by atoms with Gasteiger partial charge in [0.1, 0.15) is 16.5 Å². The van der Waals surface area contributed by atoms with E-state index in [-0.39, 0.29) is 16.6 Å². The molecule has 11 heteroatoms. The van der Waals surface area contributed by atoms with E-state index < -0.39 is 22.0 Å². The second kappa shape index (κ2) is 9.83. The van der Waals surface area contributed by atoms with Crippen LogP contribution in [0.3, 0.4) is 0 Å². The topological polar surface area (TPSA) is 111 Å². The number of nitrogens with zero attached hydrogens (tertiary/aromatic N) is 3. The van der Waals surface area contributed by atoms with Crippen molar-refractivity contribution in [2.45, 2.75) is 24.8 Å². The van der Waals surface area contributed by atoms with Crippen molar-refractivity contribution in [3.63, 3.8) is 0 Å². The van der Waals surface area contributed by atoms with Crippen LogP contribution < -0.4 is 19.1 Å². The smallest absolute Gasteiger partial charge is 0.269 e. The van der Waals surface area contributed by atoms with Crippen LogP contribution in [0.1, 0.15) is 11.1 Å². The lowest BCUT2D eigenvalue weighted by Gasteiger charge is -2.34. The highest BCUT2D eigenvalue weighted by atomic mass is 32.2. The lowest BCUT2D eigenvalue weighted by Crippen LogP contribution is -2.48. The quantitative estimate of drug-likeness (QED) is 0.388. The Hall–Kier alpha value is -3.96. The van der Waals surface area contributed by atoms with Gasteiger partial charge in [-0.3, -0.25) is 14.4 Å². The fourth-order valence-electron chi connectivity index (χ4n) is 3.87. The number of carbonyl (C=O) groups excluding carboxylic acids is 1. The Labute approximate surface area is 218 Å². The summed E-state index contributed by atoms with van der Waals surface area (Å²) >= 11 is 1.20. The Kier molecular flexibility index (Phi) is 6.57. The summed E-state index contributed by atoms with van der Waals surface area (Å²) < 4.78 is 39.5. The number of fused-ring (bicyclic) bond motifs is 1. The van der Waals surface area contributed by atoms with Crippen molar-refractivity contribution >= 4 is 38.1 Å². The summed E-state index contributed by atoms with van der Waals surface area (Å²) in [4.78, 5) is 13.3. The molecule has 1 amide bonds. The molecule has 3 aromatic carbocycles. The molecule has 0 fully saturated rings. The van der Waals surface area contributed by atoms with Gasteiger partial charge in [0.25, 0.3) is 15.9 Å². The highest BCUT2D eigenvalue weighted by Gasteiger charge is 2.38. The summed E-state index contributed by atoms with van der Waals surface area (Å²) in [7, 11) is -2.35. The zero-order chi connectivity index (χ0) is 26.2. The zero-order valence-electron chi connectivity index (χ0n) is 20.3. The van der Waals surface area contributed by atoms with Crippen molar-refractivity contribution in [1.82, 2.24) is 10.2 Å². The van der Waals surface area contributed by atoms with Gasteiger partial charge in [-0.25, -0.2) is 8.42 Å². The minimum absolute atomic E-state index is 0.138. The number of hydrogen-bond acceptors (Lipinski definition) is 8. The zero-order valence-corrected chi connectivity index (χ0v) is 22.0. The molecule has 0 bridgehead atoms. The maximum Gasteiger partial charge on any atom is 0.269 e. The molecule has 2 heterocycles. The van der Waals surface area contributed by atoms with Crippen LogP contribution in [0, 0.1) is 13.8 Å². The van der Waals surface area contributed by atoms with Gasteiger partial charge in [-0.15, -0.1) is 10.2 Å². The van der Waals surface area contributed by atoms with Crippen molar-refractivity contribution in [2.24, 2.45) is 0 Å². The lowest BCUT2D eigenvalue weighted by atomic mass is 10.1. The number of rotatable bonds is 6. The fraction of sp³-hybridized carbons (Fsp3) is 0.192. The molecule has 0 radical (unpaired) electrons. The second-order valence-corrected chi connectivity index (χ2v) is 11.4. The van der Waals surface area contributed by atoms with Crippen LogP contribution in [-0.2, 0) is 14.8 Å². The van der Waals surface area contributed by atoms with Gasteiger partial charge in [-0.05, 0) is 67.9 Å². The molecule has 0 aliphatic carbocycles. The molecule has 0 saturated carbocycles. The van der Waals surface area contributed by atoms with Crippen molar-refractivity contribution in [3.8, 4) is 22.1 Å². The monoisotopic (exact) mass is 536 g/mol. The third-order valence-corrected chi connectivity index (χ3v) is 8.56. The number of aryl methyl sites for hydroxylation is 2. The van der Waals surface area contributed by atoms with Gasteiger partial charge in [0, 0.05) is 5.56 Å². The standard InChI is InChI=1S/C26H24N4O5S2/c1-16-4-11-20(12-5-16)37(32,33)30-15-23(35-22-14-17(2)6-13-21(22)30)24(31)27-26-29-28-25(36-26)18-7-9-19(34-3)10-8-18/h4-14,23H,15H2,1-3H3,(H,27,29,31)/t23-/m0/s1. The first-order chi connectivity index (χ1) is 17.7. The first-order valence-corrected chi connectivity index (χ1v) is 13.7. The predicted octanol–water partition coefficient (Wildman–Crippen LogP) is 4.43. The summed E-state index contributed by atoms with van der Waals surface area (Å²) in [5.41, 5.74) is 3.03. The van der Waals surface area contributed by atoms with Crippen LogP contribution >= 0.6 is 11.3 Å². The number of ether oxygens (including phenoxy) is 2. The predicted molar refractivity (Wildman–Crippen MR) is 142 cm³/mol. The molecule has 0 unspecified atom stereocenters. The van der Waals surface area contributed by atoms with Gasteiger partial charge in [-0.1, -0.05) is 35.1 Å². The van der Waals surface area contributed by atoms with Gasteiger partial charge in [0.15, 0.2) is 6.10 Å². The lowest BCUT2D eigenvalue weighted by molar-refractivity contribution is -0.122. The summed E-state index contributed by atoms with van der Waals surface area (Å²) in [5, 5.41) is 11.8. The van der Waals surface area contributed by atoms with E-state index in [4.69, 9.17) is 9.47 Å². The maximum absolute atomic E-state index is 13.6. The third-order valence-electron chi connectivity index (χ3n) is 5.88. The fourth-order valence-corrected chi connectivity index (χ4v) is 6.10. The van der Waals surface area contributed by atoms with Crippen LogP contribution in [0.5, 0.6) is 11.5 Å². The largest absolute Gasteiger partial charge is 0.497 e. The Balaban J connectivity index is 1.40. The van der Waals surface area contributed by atoms with Gasteiger partial charge >= 0.3 is 0 Å². The van der Waals surface area contributed by atoms with E-state index in [1.807, 2.05) is 44.2 Å². The first-order valence-electron chi connectivity index (χ1n) is 11.4. The minimum atomic E-state index is -3.94. The molecular formula is C26H24N4O5S2. The van der Waals surface area contributed by atoms with Crippen molar-refractivity contribution in [1.29, 1.82) is 0 Å². The summed E-state index contributed by atoms with van der Waals surface area (Å²) in [5.74, 6) is 0.517. The molecule has 9 nitrogen and oxygen atoms in total. The van der Waals surface area contributed by atoms with E-state index in [0.29, 0.717) is 16.4 Å². The molecule has 0 saturated heterocycles. The van der Waals surface area contributed by atoms with Gasteiger partial charge in [0.05, 0.1) is 24.2 Å². The molecule has 1 N–H and O–H groups in total. The number of anilines is 2. The Morgan fingerprint density at radius 1 is 1.03 bits per heavy atom. The number of benzene rings is 3. The van der Waals surface area contributed by atoms with Gasteiger partial charge in [0.2, 0.25) is 5.13 Å². The van der Waals surface area contributed by atoms with Crippen molar-refractivity contribution < 1.29 is 22.7 Å². The summed E-state index contributed by atoms with van der Waals surface area (Å²) in [6, 6.07) is 19.1. The Morgan fingerprint density at radius 3 is 2.43 bits per heavy atom. The van der Waals surface area contributed by atoms with E-state index in [1.54, 1.807) is 43.5 Å².